The van der Waals surface area contributed by atoms with Crippen molar-refractivity contribution in [2.24, 2.45) is 5.73 Å². The lowest BCUT2D eigenvalue weighted by atomic mass is 10.0. The van der Waals surface area contributed by atoms with Gasteiger partial charge in [-0.3, -0.25) is 14.8 Å². The molecule has 6 heteroatoms. The molecule has 2 aromatic rings. The van der Waals surface area contributed by atoms with Crippen LogP contribution in [0.3, 0.4) is 0 Å². The summed E-state index contributed by atoms with van der Waals surface area (Å²) in [5.41, 5.74) is 8.10. The number of hydrogen-bond acceptors (Lipinski definition) is 4. The van der Waals surface area contributed by atoms with E-state index < -0.39 is 0 Å². The molecule has 2 N–H and O–H groups in total. The van der Waals surface area contributed by atoms with Crippen LogP contribution in [0.4, 0.5) is 5.69 Å². The van der Waals surface area contributed by atoms with Crippen LogP contribution in [0.2, 0.25) is 0 Å². The summed E-state index contributed by atoms with van der Waals surface area (Å²) in [6.45, 7) is 0.824. The Hall–Kier alpha value is -1.69. The van der Waals surface area contributed by atoms with Crippen molar-refractivity contribution < 1.29 is 4.79 Å². The Labute approximate surface area is 125 Å². The molecule has 104 valence electrons. The van der Waals surface area contributed by atoms with Gasteiger partial charge in [0.15, 0.2) is 0 Å². The van der Waals surface area contributed by atoms with Gasteiger partial charge in [0.05, 0.1) is 11.2 Å². The number of anilines is 1. The zero-order chi connectivity index (χ0) is 14.1. The van der Waals surface area contributed by atoms with Crippen molar-refractivity contribution in [3.05, 3.63) is 29.0 Å². The minimum Gasteiger partial charge on any atom is -0.368 e. The average Bonchev–Trinajstić information content (AvgIpc) is 2.46. The van der Waals surface area contributed by atoms with E-state index >= 15 is 0 Å². The van der Waals surface area contributed by atoms with Gasteiger partial charge in [-0.1, -0.05) is 0 Å². The fourth-order valence-electron chi connectivity index (χ4n) is 2.74. The topological polar surface area (TPSA) is 72.1 Å². The number of carbonyl (C=O) groups is 1. The Bertz CT molecular complexity index is 661. The Kier molecular flexibility index (Phi) is 3.56. The summed E-state index contributed by atoms with van der Waals surface area (Å²) in [5, 5.41) is 0. The lowest BCUT2D eigenvalue weighted by Gasteiger charge is -2.35. The summed E-state index contributed by atoms with van der Waals surface area (Å²) in [6, 6.07) is 3.58. The van der Waals surface area contributed by atoms with Gasteiger partial charge in [0.25, 0.3) is 0 Å². The largest absolute Gasteiger partial charge is 0.368 e. The Morgan fingerprint density at radius 2 is 2.25 bits per heavy atom. The van der Waals surface area contributed by atoms with Gasteiger partial charge in [-0.05, 0) is 47.3 Å². The minimum atomic E-state index is -0.272. The van der Waals surface area contributed by atoms with Gasteiger partial charge in [-0.15, -0.1) is 0 Å². The molecule has 1 fully saturated rings. The lowest BCUT2D eigenvalue weighted by molar-refractivity contribution is -0.119. The molecule has 3 rings (SSSR count). The number of halogens is 1. The molecule has 5 nitrogen and oxygen atoms in total. The smallest absolute Gasteiger partial charge is 0.240 e. The highest BCUT2D eigenvalue weighted by Crippen LogP contribution is 2.30. The fraction of sp³-hybridized carbons (Fsp3) is 0.357. The van der Waals surface area contributed by atoms with Gasteiger partial charge in [-0.25, -0.2) is 0 Å². The number of amides is 1. The molecule has 0 saturated carbocycles. The molecule has 0 bridgehead atoms. The van der Waals surface area contributed by atoms with Gasteiger partial charge in [0.2, 0.25) is 5.91 Å². The summed E-state index contributed by atoms with van der Waals surface area (Å²) < 4.78 is 0.889. The molecule has 0 aromatic carbocycles. The third kappa shape index (κ3) is 2.35. The number of carbonyl (C=O) groups excluding carboxylic acids is 1. The number of aromatic nitrogens is 2. The first kappa shape index (κ1) is 13.3. The predicted molar refractivity (Wildman–Crippen MR) is 81.4 cm³/mol. The van der Waals surface area contributed by atoms with Crippen LogP contribution in [-0.2, 0) is 4.79 Å². The summed E-state index contributed by atoms with van der Waals surface area (Å²) in [7, 11) is 0. The molecule has 1 atom stereocenters. The third-order valence-electron chi connectivity index (χ3n) is 3.66. The molecule has 0 aliphatic carbocycles. The van der Waals surface area contributed by atoms with E-state index in [-0.39, 0.29) is 11.9 Å². The normalized spacial score (nSPS) is 19.2. The van der Waals surface area contributed by atoms with Crippen LogP contribution >= 0.6 is 15.9 Å². The second-order valence-corrected chi connectivity index (χ2v) is 5.87. The van der Waals surface area contributed by atoms with Crippen molar-refractivity contribution in [3.63, 3.8) is 0 Å². The number of nitrogens with two attached hydrogens (primary N) is 1. The van der Waals surface area contributed by atoms with Crippen LogP contribution in [0.5, 0.6) is 0 Å². The highest BCUT2D eigenvalue weighted by atomic mass is 79.9. The molecule has 0 spiro atoms. The first-order valence-electron chi connectivity index (χ1n) is 6.63. The average molecular weight is 335 g/mol. The number of piperidine rings is 1. The first-order valence-corrected chi connectivity index (χ1v) is 7.42. The maximum absolute atomic E-state index is 11.7. The molecule has 1 saturated heterocycles. The quantitative estimate of drug-likeness (QED) is 0.914. The first-order chi connectivity index (χ1) is 9.66. The van der Waals surface area contributed by atoms with E-state index in [0.29, 0.717) is 0 Å². The van der Waals surface area contributed by atoms with Crippen molar-refractivity contribution >= 4 is 38.6 Å². The summed E-state index contributed by atoms with van der Waals surface area (Å²) in [4.78, 5) is 22.5. The third-order valence-corrected chi connectivity index (χ3v) is 4.10. The maximum atomic E-state index is 11.7. The zero-order valence-corrected chi connectivity index (χ0v) is 12.5. The minimum absolute atomic E-state index is 0.250. The molecule has 1 amide bonds. The van der Waals surface area contributed by atoms with E-state index in [1.807, 2.05) is 12.1 Å². The van der Waals surface area contributed by atoms with Gasteiger partial charge < -0.3 is 10.6 Å². The van der Waals surface area contributed by atoms with E-state index in [1.54, 1.807) is 12.4 Å². The number of pyridine rings is 2. The highest BCUT2D eigenvalue weighted by molar-refractivity contribution is 9.10. The number of rotatable bonds is 2. The molecule has 0 radical (unpaired) electrons. The van der Waals surface area contributed by atoms with Gasteiger partial charge >= 0.3 is 0 Å². The Balaban J connectivity index is 2.10. The van der Waals surface area contributed by atoms with Crippen LogP contribution in [0, 0.1) is 0 Å². The monoisotopic (exact) mass is 334 g/mol. The zero-order valence-electron chi connectivity index (χ0n) is 10.9. The van der Waals surface area contributed by atoms with E-state index in [0.717, 1.165) is 47.0 Å². The van der Waals surface area contributed by atoms with Gasteiger partial charge in [0.1, 0.15) is 11.6 Å². The van der Waals surface area contributed by atoms with Crippen molar-refractivity contribution in [1.82, 2.24) is 9.97 Å². The summed E-state index contributed by atoms with van der Waals surface area (Å²) in [6.07, 6.45) is 6.39. The summed E-state index contributed by atoms with van der Waals surface area (Å²) >= 11 is 3.40. The van der Waals surface area contributed by atoms with E-state index in [1.165, 1.54) is 0 Å². The van der Waals surface area contributed by atoms with Crippen LogP contribution < -0.4 is 10.6 Å². The van der Waals surface area contributed by atoms with Gasteiger partial charge in [0, 0.05) is 23.4 Å². The van der Waals surface area contributed by atoms with E-state index in [9.17, 15) is 4.79 Å². The van der Waals surface area contributed by atoms with E-state index in [2.05, 4.69) is 30.8 Å². The Morgan fingerprint density at radius 1 is 1.40 bits per heavy atom. The maximum Gasteiger partial charge on any atom is 0.240 e. The van der Waals surface area contributed by atoms with Gasteiger partial charge in [-0.2, -0.15) is 0 Å². The fourth-order valence-corrected chi connectivity index (χ4v) is 3.06. The van der Waals surface area contributed by atoms with Crippen LogP contribution in [0.25, 0.3) is 11.0 Å². The highest BCUT2D eigenvalue weighted by Gasteiger charge is 2.28. The van der Waals surface area contributed by atoms with Crippen molar-refractivity contribution in [2.45, 2.75) is 25.3 Å². The second kappa shape index (κ2) is 5.36. The van der Waals surface area contributed by atoms with Crippen LogP contribution in [0.15, 0.2) is 29.0 Å². The predicted octanol–water partition coefficient (Wildman–Crippen LogP) is 2.24. The van der Waals surface area contributed by atoms with Crippen molar-refractivity contribution in [3.8, 4) is 0 Å². The standard InChI is InChI=1S/C14H15BrN4O/c15-9-7-10-13(18-8-9)11(4-5-17-10)19-6-2-1-3-12(19)14(16)20/h4-5,7-8,12H,1-3,6H2,(H2,16,20). The molecule has 20 heavy (non-hydrogen) atoms. The SMILES string of the molecule is NC(=O)C1CCCCN1c1ccnc2cc(Br)cnc12. The van der Waals surface area contributed by atoms with E-state index in [4.69, 9.17) is 5.73 Å². The number of hydrogen-bond donors (Lipinski definition) is 1. The van der Waals surface area contributed by atoms with Crippen LogP contribution in [-0.4, -0.2) is 28.5 Å². The lowest BCUT2D eigenvalue weighted by Crippen LogP contribution is -2.48. The Morgan fingerprint density at radius 3 is 3.05 bits per heavy atom. The van der Waals surface area contributed by atoms with Crippen molar-refractivity contribution in [1.29, 1.82) is 0 Å². The molecule has 1 unspecified atom stereocenters. The van der Waals surface area contributed by atoms with Crippen LogP contribution in [0.1, 0.15) is 19.3 Å². The molecular formula is C14H15BrN4O. The molecule has 1 aliphatic rings. The molecule has 1 aliphatic heterocycles. The molecule has 3 heterocycles. The number of fused-ring (bicyclic) bond motifs is 1. The van der Waals surface area contributed by atoms with Crippen molar-refractivity contribution in [2.75, 3.05) is 11.4 Å². The second-order valence-electron chi connectivity index (χ2n) is 4.96. The molecular weight excluding hydrogens is 320 g/mol. The summed E-state index contributed by atoms with van der Waals surface area (Å²) in [5.74, 6) is -0.272. The molecule has 2 aromatic heterocycles. The number of nitrogens with zero attached hydrogens (tertiary/aromatic N) is 3. The number of primary amides is 1.